The summed E-state index contributed by atoms with van der Waals surface area (Å²) in [6, 6.07) is 15.1. The van der Waals surface area contributed by atoms with Gasteiger partial charge in [-0.05, 0) is 47.0 Å². The maximum atomic E-state index is 12.3. The Labute approximate surface area is 160 Å². The Kier molecular flexibility index (Phi) is 4.45. The summed E-state index contributed by atoms with van der Waals surface area (Å²) in [5, 5.41) is 3.61. The second-order valence-electron chi connectivity index (χ2n) is 5.88. The number of fused-ring (bicyclic) bond motifs is 1. The summed E-state index contributed by atoms with van der Waals surface area (Å²) < 4.78 is 0. The molecule has 4 rings (SSSR count). The highest BCUT2D eigenvalue weighted by atomic mass is 35.5. The highest BCUT2D eigenvalue weighted by Crippen LogP contribution is 2.36. The molecule has 128 valence electrons. The Bertz CT molecular complexity index is 1030. The first-order valence-corrected chi connectivity index (χ1v) is 8.73. The number of anilines is 1. The minimum Gasteiger partial charge on any atom is -0.324 e. The summed E-state index contributed by atoms with van der Waals surface area (Å²) in [6.45, 7) is 0. The molecule has 0 bridgehead atoms. The van der Waals surface area contributed by atoms with E-state index < -0.39 is 0 Å². The van der Waals surface area contributed by atoms with Crippen molar-refractivity contribution in [2.24, 2.45) is 4.99 Å². The summed E-state index contributed by atoms with van der Waals surface area (Å²) in [6.07, 6.45) is 3.67. The Hall–Kier alpha value is -2.69. The van der Waals surface area contributed by atoms with E-state index in [9.17, 15) is 4.79 Å². The first-order chi connectivity index (χ1) is 12.6. The third-order valence-electron chi connectivity index (χ3n) is 4.11. The molecule has 26 heavy (non-hydrogen) atoms. The largest absolute Gasteiger partial charge is 0.324 e. The van der Waals surface area contributed by atoms with Crippen molar-refractivity contribution < 1.29 is 4.79 Å². The Balaban J connectivity index is 1.80. The van der Waals surface area contributed by atoms with Crippen LogP contribution in [-0.2, 0) is 4.79 Å². The number of carbonyl (C=O) groups is 1. The number of benzene rings is 2. The van der Waals surface area contributed by atoms with Gasteiger partial charge in [0.15, 0.2) is 0 Å². The van der Waals surface area contributed by atoms with Gasteiger partial charge in [-0.1, -0.05) is 41.4 Å². The van der Waals surface area contributed by atoms with Gasteiger partial charge in [0.25, 0.3) is 0 Å². The van der Waals surface area contributed by atoms with Crippen LogP contribution in [0.3, 0.4) is 0 Å². The van der Waals surface area contributed by atoms with Gasteiger partial charge in [0.2, 0.25) is 5.91 Å². The van der Waals surface area contributed by atoms with Crippen LogP contribution in [0.2, 0.25) is 10.0 Å². The summed E-state index contributed by atoms with van der Waals surface area (Å²) >= 11 is 12.2. The number of halogens is 2. The van der Waals surface area contributed by atoms with Crippen LogP contribution in [0.25, 0.3) is 11.1 Å². The molecule has 6 heteroatoms. The third kappa shape index (κ3) is 3.34. The van der Waals surface area contributed by atoms with Gasteiger partial charge in [-0.25, -0.2) is 0 Å². The molecule has 4 nitrogen and oxygen atoms in total. The predicted octanol–water partition coefficient (Wildman–Crippen LogP) is 5.52. The highest BCUT2D eigenvalue weighted by molar-refractivity contribution is 6.42. The Morgan fingerprint density at radius 1 is 0.885 bits per heavy atom. The van der Waals surface area contributed by atoms with E-state index >= 15 is 0 Å². The molecule has 1 amide bonds. The van der Waals surface area contributed by atoms with Crippen molar-refractivity contribution in [3.8, 4) is 11.1 Å². The number of aliphatic imine (C=N–C) groups is 1. The van der Waals surface area contributed by atoms with E-state index in [1.54, 1.807) is 24.5 Å². The molecule has 0 aliphatic carbocycles. The van der Waals surface area contributed by atoms with Gasteiger partial charge in [0.1, 0.15) is 0 Å². The number of amides is 1. The molecular weight excluding hydrogens is 369 g/mol. The van der Waals surface area contributed by atoms with Crippen molar-refractivity contribution in [3.63, 3.8) is 0 Å². The number of rotatable bonds is 2. The van der Waals surface area contributed by atoms with Crippen LogP contribution in [0.15, 0.2) is 65.9 Å². The molecule has 0 spiro atoms. The van der Waals surface area contributed by atoms with Crippen LogP contribution >= 0.6 is 23.2 Å². The monoisotopic (exact) mass is 381 g/mol. The van der Waals surface area contributed by atoms with Crippen molar-refractivity contribution in [1.29, 1.82) is 0 Å². The van der Waals surface area contributed by atoms with E-state index in [1.165, 1.54) is 0 Å². The smallest absolute Gasteiger partial charge is 0.230 e. The van der Waals surface area contributed by atoms with E-state index in [-0.39, 0.29) is 12.3 Å². The number of pyridine rings is 1. The van der Waals surface area contributed by atoms with Crippen molar-refractivity contribution in [3.05, 3.63) is 76.5 Å². The molecule has 1 aliphatic rings. The fourth-order valence-corrected chi connectivity index (χ4v) is 3.17. The lowest BCUT2D eigenvalue weighted by Crippen LogP contribution is -2.15. The predicted molar refractivity (Wildman–Crippen MR) is 106 cm³/mol. The highest BCUT2D eigenvalue weighted by Gasteiger charge is 2.19. The van der Waals surface area contributed by atoms with Gasteiger partial charge in [0.05, 0.1) is 33.6 Å². The summed E-state index contributed by atoms with van der Waals surface area (Å²) in [4.78, 5) is 21.0. The molecule has 0 atom stereocenters. The number of nitrogens with one attached hydrogen (secondary N) is 1. The lowest BCUT2D eigenvalue weighted by atomic mass is 10.0. The first-order valence-electron chi connectivity index (χ1n) is 7.97. The normalized spacial score (nSPS) is 13.5. The molecule has 2 heterocycles. The summed E-state index contributed by atoms with van der Waals surface area (Å²) in [7, 11) is 0. The second kappa shape index (κ2) is 6.90. The third-order valence-corrected chi connectivity index (χ3v) is 4.83. The van der Waals surface area contributed by atoms with Gasteiger partial charge in [-0.3, -0.25) is 14.8 Å². The molecule has 3 aromatic rings. The molecule has 1 aromatic heterocycles. The number of aromatic nitrogens is 1. The quantitative estimate of drug-likeness (QED) is 0.635. The number of nitrogens with zero attached hydrogens (tertiary/aromatic N) is 2. The SMILES string of the molecule is O=C1CC(c2cccc(-c3ccncc3)c2)=Nc2cc(Cl)c(Cl)cc2N1. The molecule has 0 radical (unpaired) electrons. The minimum absolute atomic E-state index is 0.143. The van der Waals surface area contributed by atoms with E-state index in [4.69, 9.17) is 23.2 Å². The average Bonchev–Trinajstić information content (AvgIpc) is 2.81. The fourth-order valence-electron chi connectivity index (χ4n) is 2.85. The summed E-state index contributed by atoms with van der Waals surface area (Å²) in [5.41, 5.74) is 4.80. The van der Waals surface area contributed by atoms with E-state index in [2.05, 4.69) is 15.3 Å². The van der Waals surface area contributed by atoms with Crippen LogP contribution in [0.4, 0.5) is 11.4 Å². The molecule has 1 N–H and O–H groups in total. The van der Waals surface area contributed by atoms with Gasteiger partial charge >= 0.3 is 0 Å². The van der Waals surface area contributed by atoms with Gasteiger partial charge in [-0.15, -0.1) is 0 Å². The van der Waals surface area contributed by atoms with Crippen LogP contribution in [0.1, 0.15) is 12.0 Å². The lowest BCUT2D eigenvalue weighted by Gasteiger charge is -2.07. The lowest BCUT2D eigenvalue weighted by molar-refractivity contribution is -0.115. The van der Waals surface area contributed by atoms with Crippen molar-refractivity contribution >= 4 is 46.2 Å². The maximum Gasteiger partial charge on any atom is 0.230 e. The molecule has 1 aliphatic heterocycles. The number of hydrogen-bond acceptors (Lipinski definition) is 3. The zero-order valence-electron chi connectivity index (χ0n) is 13.5. The average molecular weight is 382 g/mol. The first kappa shape index (κ1) is 16.8. The second-order valence-corrected chi connectivity index (χ2v) is 6.70. The molecule has 0 fully saturated rings. The molecule has 0 unspecified atom stereocenters. The van der Waals surface area contributed by atoms with E-state index in [0.29, 0.717) is 27.1 Å². The van der Waals surface area contributed by atoms with E-state index in [1.807, 2.05) is 36.4 Å². The van der Waals surface area contributed by atoms with Crippen LogP contribution in [0.5, 0.6) is 0 Å². The van der Waals surface area contributed by atoms with E-state index in [0.717, 1.165) is 16.7 Å². The molecule has 0 saturated carbocycles. The van der Waals surface area contributed by atoms with Crippen LogP contribution < -0.4 is 5.32 Å². The summed E-state index contributed by atoms with van der Waals surface area (Å²) in [5.74, 6) is -0.143. The number of hydrogen-bond donors (Lipinski definition) is 1. The van der Waals surface area contributed by atoms with Gasteiger partial charge in [0, 0.05) is 12.4 Å². The van der Waals surface area contributed by atoms with Crippen LogP contribution in [-0.4, -0.2) is 16.6 Å². The minimum atomic E-state index is -0.143. The van der Waals surface area contributed by atoms with Gasteiger partial charge < -0.3 is 5.32 Å². The zero-order chi connectivity index (χ0) is 18.1. The maximum absolute atomic E-state index is 12.3. The van der Waals surface area contributed by atoms with Crippen LogP contribution in [0, 0.1) is 0 Å². The molecule has 0 saturated heterocycles. The van der Waals surface area contributed by atoms with Crippen molar-refractivity contribution in [2.75, 3.05) is 5.32 Å². The standard InChI is InChI=1S/C20H13Cl2N3O/c21-15-9-18-19(10-16(15)22)25-20(26)11-17(24-18)14-3-1-2-13(8-14)12-4-6-23-7-5-12/h1-10H,11H2,(H,25,26). The van der Waals surface area contributed by atoms with Crippen molar-refractivity contribution in [2.45, 2.75) is 6.42 Å². The molecule has 2 aromatic carbocycles. The number of carbonyl (C=O) groups excluding carboxylic acids is 1. The molecular formula is C20H13Cl2N3O. The Morgan fingerprint density at radius 3 is 2.42 bits per heavy atom. The van der Waals surface area contributed by atoms with Crippen molar-refractivity contribution in [1.82, 2.24) is 4.98 Å². The fraction of sp³-hybridized carbons (Fsp3) is 0.0500. The zero-order valence-corrected chi connectivity index (χ0v) is 15.1. The van der Waals surface area contributed by atoms with Gasteiger partial charge in [-0.2, -0.15) is 0 Å². The topological polar surface area (TPSA) is 54.4 Å². The Morgan fingerprint density at radius 2 is 1.62 bits per heavy atom.